The van der Waals surface area contributed by atoms with Crippen molar-refractivity contribution in [3.8, 4) is 11.5 Å². The number of carbonyl (C=O) groups is 1. The van der Waals surface area contributed by atoms with Gasteiger partial charge < -0.3 is 9.47 Å². The lowest BCUT2D eigenvalue weighted by Crippen LogP contribution is -2.17. The number of benzene rings is 2. The SMILES string of the molecule is COc1ccc(/C=N\NC(=O)c2cccc(C)c2)cc1OC. The van der Waals surface area contributed by atoms with E-state index in [1.165, 1.54) is 0 Å². The van der Waals surface area contributed by atoms with Gasteiger partial charge in [-0.3, -0.25) is 4.79 Å². The van der Waals surface area contributed by atoms with Crippen molar-refractivity contribution in [1.29, 1.82) is 0 Å². The van der Waals surface area contributed by atoms with Crippen LogP contribution in [0.2, 0.25) is 0 Å². The van der Waals surface area contributed by atoms with Crippen LogP contribution < -0.4 is 14.9 Å². The van der Waals surface area contributed by atoms with Crippen molar-refractivity contribution in [2.45, 2.75) is 6.92 Å². The third-order valence-electron chi connectivity index (χ3n) is 3.07. The highest BCUT2D eigenvalue weighted by atomic mass is 16.5. The second-order valence-corrected chi connectivity index (χ2v) is 4.68. The first-order chi connectivity index (χ1) is 10.6. The summed E-state index contributed by atoms with van der Waals surface area (Å²) in [6.07, 6.45) is 1.55. The van der Waals surface area contributed by atoms with E-state index in [9.17, 15) is 4.79 Å². The first-order valence-corrected chi connectivity index (χ1v) is 6.76. The number of hydrogen-bond acceptors (Lipinski definition) is 4. The molecule has 0 aromatic heterocycles. The predicted octanol–water partition coefficient (Wildman–Crippen LogP) is 2.78. The molecule has 2 aromatic rings. The number of methoxy groups -OCH3 is 2. The molecule has 0 spiro atoms. The minimum atomic E-state index is -0.250. The lowest BCUT2D eigenvalue weighted by Gasteiger charge is -2.07. The summed E-state index contributed by atoms with van der Waals surface area (Å²) < 4.78 is 10.4. The first kappa shape index (κ1) is 15.6. The van der Waals surface area contributed by atoms with Crippen LogP contribution >= 0.6 is 0 Å². The Balaban J connectivity index is 2.05. The molecule has 5 heteroatoms. The number of hydrogen-bond donors (Lipinski definition) is 1. The molecule has 0 atom stereocenters. The van der Waals surface area contributed by atoms with Gasteiger partial charge in [0.25, 0.3) is 5.91 Å². The molecule has 2 rings (SSSR count). The number of hydrazone groups is 1. The third kappa shape index (κ3) is 3.85. The maximum absolute atomic E-state index is 11.9. The van der Waals surface area contributed by atoms with Crippen molar-refractivity contribution in [3.63, 3.8) is 0 Å². The Bertz CT molecular complexity index is 696. The third-order valence-corrected chi connectivity index (χ3v) is 3.07. The van der Waals surface area contributed by atoms with Crippen LogP contribution in [0.3, 0.4) is 0 Å². The van der Waals surface area contributed by atoms with Gasteiger partial charge in [0, 0.05) is 5.56 Å². The number of rotatable bonds is 5. The van der Waals surface area contributed by atoms with E-state index in [0.29, 0.717) is 17.1 Å². The van der Waals surface area contributed by atoms with E-state index in [2.05, 4.69) is 10.5 Å². The van der Waals surface area contributed by atoms with Gasteiger partial charge in [0.1, 0.15) is 0 Å². The topological polar surface area (TPSA) is 59.9 Å². The zero-order chi connectivity index (χ0) is 15.9. The summed E-state index contributed by atoms with van der Waals surface area (Å²) >= 11 is 0. The van der Waals surface area contributed by atoms with E-state index < -0.39 is 0 Å². The summed E-state index contributed by atoms with van der Waals surface area (Å²) in [4.78, 5) is 11.9. The first-order valence-electron chi connectivity index (χ1n) is 6.76. The van der Waals surface area contributed by atoms with E-state index in [0.717, 1.165) is 11.1 Å². The molecule has 0 fully saturated rings. The Hall–Kier alpha value is -2.82. The van der Waals surface area contributed by atoms with Crippen molar-refractivity contribution in [3.05, 3.63) is 59.2 Å². The van der Waals surface area contributed by atoms with E-state index >= 15 is 0 Å². The Morgan fingerprint density at radius 1 is 1.09 bits per heavy atom. The van der Waals surface area contributed by atoms with Gasteiger partial charge in [-0.05, 0) is 42.8 Å². The smallest absolute Gasteiger partial charge is 0.271 e. The van der Waals surface area contributed by atoms with Gasteiger partial charge in [-0.1, -0.05) is 17.7 Å². The number of nitrogens with one attached hydrogen (secondary N) is 1. The fourth-order valence-electron chi connectivity index (χ4n) is 1.95. The van der Waals surface area contributed by atoms with Crippen molar-refractivity contribution in [1.82, 2.24) is 5.43 Å². The van der Waals surface area contributed by atoms with Crippen LogP contribution in [0.5, 0.6) is 11.5 Å². The molecule has 0 unspecified atom stereocenters. The molecule has 0 saturated carbocycles. The molecule has 114 valence electrons. The highest BCUT2D eigenvalue weighted by Gasteiger charge is 2.05. The van der Waals surface area contributed by atoms with Crippen LogP contribution in [0.25, 0.3) is 0 Å². The second kappa shape index (κ2) is 7.26. The lowest BCUT2D eigenvalue weighted by molar-refractivity contribution is 0.0955. The molecular formula is C17H18N2O3. The fraction of sp³-hybridized carbons (Fsp3) is 0.176. The molecule has 0 aliphatic carbocycles. The monoisotopic (exact) mass is 298 g/mol. The molecule has 0 saturated heterocycles. The van der Waals surface area contributed by atoms with Crippen molar-refractivity contribution >= 4 is 12.1 Å². The number of amides is 1. The molecule has 0 aliphatic rings. The molecule has 2 aromatic carbocycles. The summed E-state index contributed by atoms with van der Waals surface area (Å²) in [7, 11) is 3.14. The Kier molecular flexibility index (Phi) is 5.14. The summed E-state index contributed by atoms with van der Waals surface area (Å²) in [5.41, 5.74) is 4.89. The maximum Gasteiger partial charge on any atom is 0.271 e. The van der Waals surface area contributed by atoms with Crippen molar-refractivity contribution in [2.24, 2.45) is 5.10 Å². The molecule has 0 aliphatic heterocycles. The number of carbonyl (C=O) groups excluding carboxylic acids is 1. The van der Waals surface area contributed by atoms with Gasteiger partial charge in [0.05, 0.1) is 20.4 Å². The van der Waals surface area contributed by atoms with Crippen LogP contribution in [-0.2, 0) is 0 Å². The van der Waals surface area contributed by atoms with Gasteiger partial charge >= 0.3 is 0 Å². The molecule has 0 heterocycles. The maximum atomic E-state index is 11.9. The van der Waals surface area contributed by atoms with Crippen LogP contribution in [0.1, 0.15) is 21.5 Å². The van der Waals surface area contributed by atoms with Gasteiger partial charge in [-0.2, -0.15) is 5.10 Å². The Morgan fingerprint density at radius 2 is 1.86 bits per heavy atom. The summed E-state index contributed by atoms with van der Waals surface area (Å²) in [5.74, 6) is 1.00. The van der Waals surface area contributed by atoms with Crippen LogP contribution in [0, 0.1) is 6.92 Å². The Morgan fingerprint density at radius 3 is 2.55 bits per heavy atom. The molecule has 22 heavy (non-hydrogen) atoms. The average Bonchev–Trinajstić information content (AvgIpc) is 2.54. The van der Waals surface area contributed by atoms with E-state index in [1.807, 2.05) is 25.1 Å². The van der Waals surface area contributed by atoms with Crippen LogP contribution in [-0.4, -0.2) is 26.3 Å². The van der Waals surface area contributed by atoms with Crippen molar-refractivity contribution < 1.29 is 14.3 Å². The normalized spacial score (nSPS) is 10.5. The Labute approximate surface area is 129 Å². The standard InChI is InChI=1S/C17H18N2O3/c1-12-5-4-6-14(9-12)17(20)19-18-11-13-7-8-15(21-2)16(10-13)22-3/h4-11H,1-3H3,(H,19,20)/b18-11-. The van der Waals surface area contributed by atoms with Gasteiger partial charge in [0.15, 0.2) is 11.5 Å². The van der Waals surface area contributed by atoms with Gasteiger partial charge in [0.2, 0.25) is 0 Å². The number of ether oxygens (including phenoxy) is 2. The number of nitrogens with zero attached hydrogens (tertiary/aromatic N) is 1. The fourth-order valence-corrected chi connectivity index (χ4v) is 1.95. The van der Waals surface area contributed by atoms with Crippen molar-refractivity contribution in [2.75, 3.05) is 14.2 Å². The molecule has 1 N–H and O–H groups in total. The molecule has 1 amide bonds. The quantitative estimate of drug-likeness (QED) is 0.682. The minimum absolute atomic E-state index is 0.250. The largest absolute Gasteiger partial charge is 0.493 e. The van der Waals surface area contributed by atoms with Gasteiger partial charge in [-0.25, -0.2) is 5.43 Å². The average molecular weight is 298 g/mol. The summed E-state index contributed by atoms with van der Waals surface area (Å²) in [5, 5.41) is 3.96. The molecule has 5 nitrogen and oxygen atoms in total. The summed E-state index contributed by atoms with van der Waals surface area (Å²) in [6.45, 7) is 1.93. The second-order valence-electron chi connectivity index (χ2n) is 4.68. The highest BCUT2D eigenvalue weighted by Crippen LogP contribution is 2.26. The zero-order valence-corrected chi connectivity index (χ0v) is 12.8. The lowest BCUT2D eigenvalue weighted by atomic mass is 10.1. The van der Waals surface area contributed by atoms with Gasteiger partial charge in [-0.15, -0.1) is 0 Å². The highest BCUT2D eigenvalue weighted by molar-refractivity contribution is 5.95. The van der Waals surface area contributed by atoms with E-state index in [1.54, 1.807) is 44.7 Å². The predicted molar refractivity (Wildman–Crippen MR) is 85.8 cm³/mol. The molecule has 0 bridgehead atoms. The van der Waals surface area contributed by atoms with Crippen LogP contribution in [0.15, 0.2) is 47.6 Å². The van der Waals surface area contributed by atoms with E-state index in [-0.39, 0.29) is 5.91 Å². The molecular weight excluding hydrogens is 280 g/mol. The van der Waals surface area contributed by atoms with E-state index in [4.69, 9.17) is 9.47 Å². The summed E-state index contributed by atoms with van der Waals surface area (Å²) in [6, 6.07) is 12.7. The molecule has 0 radical (unpaired) electrons. The van der Waals surface area contributed by atoms with Crippen LogP contribution in [0.4, 0.5) is 0 Å². The number of aryl methyl sites for hydroxylation is 1. The zero-order valence-electron chi connectivity index (χ0n) is 12.8. The minimum Gasteiger partial charge on any atom is -0.493 e.